The molecule has 1 aliphatic rings. The van der Waals surface area contributed by atoms with Gasteiger partial charge in [0.1, 0.15) is 0 Å². The number of imide groups is 1. The van der Waals surface area contributed by atoms with Crippen LogP contribution in [0.25, 0.3) is 0 Å². The second-order valence-corrected chi connectivity index (χ2v) is 5.54. The zero-order valence-electron chi connectivity index (χ0n) is 13.4. The van der Waals surface area contributed by atoms with Gasteiger partial charge in [0.15, 0.2) is 5.78 Å². The maximum absolute atomic E-state index is 12.0. The number of urea groups is 1. The van der Waals surface area contributed by atoms with E-state index in [-0.39, 0.29) is 23.0 Å². The number of aromatic nitrogens is 2. The molecule has 3 amide bonds. The van der Waals surface area contributed by atoms with Crippen LogP contribution in [0.5, 0.6) is 0 Å². The Kier molecular flexibility index (Phi) is 4.65. The Bertz CT molecular complexity index is 910. The molecule has 0 unspecified atom stereocenters. The molecule has 0 saturated heterocycles. The maximum Gasteiger partial charge on any atom is 0.328 e. The van der Waals surface area contributed by atoms with E-state index in [4.69, 9.17) is 0 Å². The van der Waals surface area contributed by atoms with Gasteiger partial charge in [0.05, 0.1) is 16.2 Å². The van der Waals surface area contributed by atoms with E-state index < -0.39 is 16.9 Å². The minimum Gasteiger partial charge on any atom is -0.294 e. The normalized spacial score (nSPS) is 12.8. The quantitative estimate of drug-likeness (QED) is 0.631. The second kappa shape index (κ2) is 7.05. The van der Waals surface area contributed by atoms with Gasteiger partial charge in [0, 0.05) is 30.3 Å². The first-order valence-electron chi connectivity index (χ1n) is 7.70. The van der Waals surface area contributed by atoms with Gasteiger partial charge in [-0.3, -0.25) is 30.3 Å². The lowest BCUT2D eigenvalue weighted by Crippen LogP contribution is -2.35. The Morgan fingerprint density at radius 3 is 2.58 bits per heavy atom. The number of aryl methyl sites for hydroxylation is 1. The molecule has 26 heavy (non-hydrogen) atoms. The Morgan fingerprint density at radius 2 is 1.88 bits per heavy atom. The molecule has 10 heteroatoms. The van der Waals surface area contributed by atoms with Crippen molar-refractivity contribution >= 4 is 29.4 Å². The van der Waals surface area contributed by atoms with Gasteiger partial charge < -0.3 is 0 Å². The average Bonchev–Trinajstić information content (AvgIpc) is 2.61. The second-order valence-electron chi connectivity index (χ2n) is 5.54. The fraction of sp³-hybridized carbons (Fsp3) is 0.188. The number of nitrogens with zero attached hydrogens (tertiary/aromatic N) is 3. The minimum atomic E-state index is -0.851. The molecule has 1 aliphatic carbocycles. The smallest absolute Gasteiger partial charge is 0.294 e. The van der Waals surface area contributed by atoms with Crippen LogP contribution in [0, 0.1) is 10.1 Å². The van der Waals surface area contributed by atoms with Crippen molar-refractivity contribution in [2.24, 2.45) is 0 Å². The van der Waals surface area contributed by atoms with Crippen molar-refractivity contribution in [1.29, 1.82) is 0 Å². The van der Waals surface area contributed by atoms with Crippen molar-refractivity contribution in [2.45, 2.75) is 19.3 Å². The summed E-state index contributed by atoms with van der Waals surface area (Å²) in [6.07, 6.45) is 3.11. The zero-order valence-corrected chi connectivity index (χ0v) is 13.4. The molecule has 0 fully saturated rings. The summed E-state index contributed by atoms with van der Waals surface area (Å²) in [4.78, 5) is 53.6. The number of carbonyl (C=O) groups is 3. The molecule has 0 atom stereocenters. The molecule has 3 rings (SSSR count). The van der Waals surface area contributed by atoms with Crippen LogP contribution in [0.4, 0.5) is 16.4 Å². The van der Waals surface area contributed by atoms with E-state index in [1.54, 1.807) is 0 Å². The van der Waals surface area contributed by atoms with Gasteiger partial charge in [0.2, 0.25) is 5.95 Å². The van der Waals surface area contributed by atoms with Crippen molar-refractivity contribution in [3.63, 3.8) is 0 Å². The molecular weight excluding hydrogens is 342 g/mol. The van der Waals surface area contributed by atoms with E-state index in [1.165, 1.54) is 18.3 Å². The number of nitro groups is 1. The van der Waals surface area contributed by atoms with Crippen LogP contribution in [0.15, 0.2) is 30.5 Å². The summed E-state index contributed by atoms with van der Waals surface area (Å²) in [6, 6.07) is 3.95. The van der Waals surface area contributed by atoms with Gasteiger partial charge in [-0.1, -0.05) is 0 Å². The number of benzene rings is 1. The predicted molar refractivity (Wildman–Crippen MR) is 88.9 cm³/mol. The third-order valence-corrected chi connectivity index (χ3v) is 3.78. The number of hydrogen-bond donors (Lipinski definition) is 2. The largest absolute Gasteiger partial charge is 0.328 e. The fourth-order valence-electron chi connectivity index (χ4n) is 2.49. The van der Waals surface area contributed by atoms with Gasteiger partial charge in [-0.15, -0.1) is 0 Å². The topological polar surface area (TPSA) is 144 Å². The summed E-state index contributed by atoms with van der Waals surface area (Å²) in [7, 11) is 0. The van der Waals surface area contributed by atoms with E-state index in [9.17, 15) is 24.5 Å². The molecule has 132 valence electrons. The number of amides is 3. The third-order valence-electron chi connectivity index (χ3n) is 3.78. The monoisotopic (exact) mass is 355 g/mol. The maximum atomic E-state index is 12.0. The van der Waals surface area contributed by atoms with Gasteiger partial charge in [-0.2, -0.15) is 0 Å². The summed E-state index contributed by atoms with van der Waals surface area (Å²) < 4.78 is 0. The van der Waals surface area contributed by atoms with Crippen molar-refractivity contribution in [1.82, 2.24) is 15.3 Å². The Hall–Kier alpha value is -3.69. The number of non-ortho nitro benzene ring substituents is 1. The lowest BCUT2D eigenvalue weighted by Gasteiger charge is -2.14. The first kappa shape index (κ1) is 17.1. The molecule has 2 aromatic rings. The van der Waals surface area contributed by atoms with Gasteiger partial charge in [0.25, 0.3) is 11.6 Å². The Morgan fingerprint density at radius 1 is 1.15 bits per heavy atom. The average molecular weight is 355 g/mol. The number of rotatable bonds is 3. The molecule has 2 N–H and O–H groups in total. The molecule has 0 aliphatic heterocycles. The first-order valence-corrected chi connectivity index (χ1v) is 7.70. The predicted octanol–water partition coefficient (Wildman–Crippen LogP) is 1.87. The third kappa shape index (κ3) is 3.69. The number of nitro benzene ring substituents is 1. The molecule has 0 saturated carbocycles. The van der Waals surface area contributed by atoms with Crippen LogP contribution in [-0.2, 0) is 6.42 Å². The summed E-state index contributed by atoms with van der Waals surface area (Å²) in [6.45, 7) is 0. The highest BCUT2D eigenvalue weighted by Gasteiger charge is 2.20. The highest BCUT2D eigenvalue weighted by atomic mass is 16.6. The van der Waals surface area contributed by atoms with Crippen LogP contribution in [0.2, 0.25) is 0 Å². The number of ketones is 1. The molecule has 1 aromatic heterocycles. The van der Waals surface area contributed by atoms with Gasteiger partial charge in [-0.05, 0) is 25.0 Å². The van der Waals surface area contributed by atoms with Crippen LogP contribution in [0.3, 0.4) is 0 Å². The van der Waals surface area contributed by atoms with Crippen LogP contribution < -0.4 is 10.6 Å². The number of hydrogen-bond acceptors (Lipinski definition) is 7. The van der Waals surface area contributed by atoms with Crippen molar-refractivity contribution in [2.75, 3.05) is 5.32 Å². The van der Waals surface area contributed by atoms with E-state index in [2.05, 4.69) is 20.6 Å². The van der Waals surface area contributed by atoms with Crippen molar-refractivity contribution < 1.29 is 19.3 Å². The summed E-state index contributed by atoms with van der Waals surface area (Å²) >= 11 is 0. The molecule has 1 heterocycles. The SMILES string of the molecule is O=C(NC(=O)c1ccc([N+](=O)[O-])cc1)Nc1ncc2c(n1)CCCC2=O. The Balaban J connectivity index is 1.64. The molecule has 0 radical (unpaired) electrons. The van der Waals surface area contributed by atoms with Crippen LogP contribution in [0.1, 0.15) is 39.3 Å². The fourth-order valence-corrected chi connectivity index (χ4v) is 2.49. The number of anilines is 1. The number of Topliss-reactive ketones (excluding diaryl/α,β-unsaturated/α-hetero) is 1. The van der Waals surface area contributed by atoms with E-state index >= 15 is 0 Å². The van der Waals surface area contributed by atoms with E-state index in [0.29, 0.717) is 30.5 Å². The van der Waals surface area contributed by atoms with Crippen molar-refractivity contribution in [3.05, 3.63) is 57.4 Å². The van der Waals surface area contributed by atoms with Gasteiger partial charge in [-0.25, -0.2) is 14.8 Å². The zero-order chi connectivity index (χ0) is 18.7. The molecule has 0 bridgehead atoms. The van der Waals surface area contributed by atoms with Crippen LogP contribution in [-0.4, -0.2) is 32.6 Å². The van der Waals surface area contributed by atoms with Gasteiger partial charge >= 0.3 is 6.03 Å². The number of nitrogens with one attached hydrogen (secondary N) is 2. The lowest BCUT2D eigenvalue weighted by atomic mass is 9.96. The first-order chi connectivity index (χ1) is 12.4. The molecule has 0 spiro atoms. The summed E-state index contributed by atoms with van der Waals surface area (Å²) in [5, 5.41) is 15.0. The minimum absolute atomic E-state index is 0.0209. The summed E-state index contributed by atoms with van der Waals surface area (Å²) in [5.41, 5.74) is 0.933. The highest BCUT2D eigenvalue weighted by molar-refractivity contribution is 6.07. The Labute approximate surface area is 146 Å². The molecule has 10 nitrogen and oxygen atoms in total. The van der Waals surface area contributed by atoms with Crippen LogP contribution >= 0.6 is 0 Å². The van der Waals surface area contributed by atoms with E-state index in [0.717, 1.165) is 12.1 Å². The highest BCUT2D eigenvalue weighted by Crippen LogP contribution is 2.19. The lowest BCUT2D eigenvalue weighted by molar-refractivity contribution is -0.384. The molecular formula is C16H13N5O5. The number of fused-ring (bicyclic) bond motifs is 1. The standard InChI is InChI=1S/C16H13N5O5/c22-13-3-1-2-12-11(13)8-17-15(18-12)20-16(24)19-14(23)9-4-6-10(7-5-9)21(25)26/h4-8H,1-3H2,(H2,17,18,19,20,23,24). The summed E-state index contributed by atoms with van der Waals surface area (Å²) in [5.74, 6) is -0.784. The van der Waals surface area contributed by atoms with E-state index in [1.807, 2.05) is 0 Å². The van der Waals surface area contributed by atoms with Crippen molar-refractivity contribution in [3.8, 4) is 0 Å². The number of carbonyl (C=O) groups excluding carboxylic acids is 3. The molecule has 1 aromatic carbocycles.